The molecular formula is C11H16O3. The van der Waals surface area contributed by atoms with E-state index in [1.54, 1.807) is 0 Å². The third kappa shape index (κ3) is 1.35. The normalized spacial score (nSPS) is 27.0. The highest BCUT2D eigenvalue weighted by Gasteiger charge is 2.54. The first-order valence-electron chi connectivity index (χ1n) is 5.40. The van der Waals surface area contributed by atoms with Crippen molar-refractivity contribution in [2.45, 2.75) is 44.9 Å². The quantitative estimate of drug-likeness (QED) is 0.734. The maximum absolute atomic E-state index is 11.2. The molecule has 0 aliphatic heterocycles. The SMILES string of the molecule is O=C1CC(C(=O)O)(C2CCCCC2)C1. The van der Waals surface area contributed by atoms with E-state index in [4.69, 9.17) is 0 Å². The summed E-state index contributed by atoms with van der Waals surface area (Å²) in [7, 11) is 0. The Morgan fingerprint density at radius 2 is 1.79 bits per heavy atom. The van der Waals surface area contributed by atoms with E-state index in [-0.39, 0.29) is 24.5 Å². The van der Waals surface area contributed by atoms with Crippen molar-refractivity contribution in [1.82, 2.24) is 0 Å². The predicted molar refractivity (Wildman–Crippen MR) is 50.9 cm³/mol. The Balaban J connectivity index is 2.10. The summed E-state index contributed by atoms with van der Waals surface area (Å²) < 4.78 is 0. The molecule has 2 aliphatic carbocycles. The van der Waals surface area contributed by atoms with Crippen molar-refractivity contribution in [1.29, 1.82) is 0 Å². The largest absolute Gasteiger partial charge is 0.481 e. The molecule has 0 unspecified atom stereocenters. The van der Waals surface area contributed by atoms with Crippen molar-refractivity contribution in [2.24, 2.45) is 11.3 Å². The molecule has 0 atom stereocenters. The van der Waals surface area contributed by atoms with E-state index < -0.39 is 11.4 Å². The number of hydrogen-bond donors (Lipinski definition) is 1. The molecule has 3 heteroatoms. The fourth-order valence-electron chi connectivity index (χ4n) is 2.92. The molecule has 2 fully saturated rings. The van der Waals surface area contributed by atoms with Crippen molar-refractivity contribution >= 4 is 11.8 Å². The molecule has 0 aromatic heterocycles. The van der Waals surface area contributed by atoms with Gasteiger partial charge in [-0.2, -0.15) is 0 Å². The van der Waals surface area contributed by atoms with Crippen LogP contribution in [-0.2, 0) is 9.59 Å². The number of carbonyl (C=O) groups is 2. The Morgan fingerprint density at radius 1 is 1.21 bits per heavy atom. The molecule has 0 heterocycles. The number of carbonyl (C=O) groups excluding carboxylic acids is 1. The van der Waals surface area contributed by atoms with Crippen molar-refractivity contribution < 1.29 is 14.7 Å². The molecule has 0 bridgehead atoms. The average molecular weight is 196 g/mol. The Bertz CT molecular complexity index is 256. The van der Waals surface area contributed by atoms with Crippen LogP contribution in [0.1, 0.15) is 44.9 Å². The number of Topliss-reactive ketones (excluding diaryl/α,β-unsaturated/α-hetero) is 1. The van der Waals surface area contributed by atoms with E-state index >= 15 is 0 Å². The zero-order valence-corrected chi connectivity index (χ0v) is 8.29. The molecule has 0 saturated heterocycles. The third-order valence-corrected chi connectivity index (χ3v) is 3.84. The molecule has 2 rings (SSSR count). The molecule has 3 nitrogen and oxygen atoms in total. The van der Waals surface area contributed by atoms with Crippen LogP contribution in [0.2, 0.25) is 0 Å². The molecule has 0 aromatic carbocycles. The highest BCUT2D eigenvalue weighted by Crippen LogP contribution is 2.50. The van der Waals surface area contributed by atoms with Crippen LogP contribution >= 0.6 is 0 Å². The van der Waals surface area contributed by atoms with Crippen LogP contribution in [0.25, 0.3) is 0 Å². The molecule has 2 aliphatic rings. The topological polar surface area (TPSA) is 54.4 Å². The first-order chi connectivity index (χ1) is 6.65. The van der Waals surface area contributed by atoms with Gasteiger partial charge in [0.25, 0.3) is 0 Å². The molecule has 0 spiro atoms. The zero-order chi connectivity index (χ0) is 10.2. The van der Waals surface area contributed by atoms with Crippen LogP contribution in [-0.4, -0.2) is 16.9 Å². The number of carboxylic acid groups (broad SMARTS) is 1. The standard InChI is InChI=1S/C11H16O3/c12-9-6-11(7-9,10(13)14)8-4-2-1-3-5-8/h8H,1-7H2,(H,13,14). The number of rotatable bonds is 2. The van der Waals surface area contributed by atoms with Gasteiger partial charge in [-0.3, -0.25) is 9.59 Å². The fourth-order valence-corrected chi connectivity index (χ4v) is 2.92. The van der Waals surface area contributed by atoms with E-state index in [9.17, 15) is 14.7 Å². The van der Waals surface area contributed by atoms with Gasteiger partial charge in [0.05, 0.1) is 5.41 Å². The predicted octanol–water partition coefficient (Wildman–Crippen LogP) is 2.00. The van der Waals surface area contributed by atoms with Crippen molar-refractivity contribution in [2.75, 3.05) is 0 Å². The lowest BCUT2D eigenvalue weighted by Gasteiger charge is -2.44. The second-order valence-electron chi connectivity index (χ2n) is 4.69. The number of hydrogen-bond acceptors (Lipinski definition) is 2. The molecule has 78 valence electrons. The van der Waals surface area contributed by atoms with Crippen LogP contribution in [0.4, 0.5) is 0 Å². The van der Waals surface area contributed by atoms with Gasteiger partial charge >= 0.3 is 5.97 Å². The molecule has 0 radical (unpaired) electrons. The fraction of sp³-hybridized carbons (Fsp3) is 0.818. The first kappa shape index (κ1) is 9.69. The van der Waals surface area contributed by atoms with Crippen molar-refractivity contribution in [3.63, 3.8) is 0 Å². The molecule has 1 N–H and O–H groups in total. The van der Waals surface area contributed by atoms with E-state index in [0.717, 1.165) is 25.7 Å². The van der Waals surface area contributed by atoms with Crippen LogP contribution in [0.3, 0.4) is 0 Å². The average Bonchev–Trinajstić information content (AvgIpc) is 2.13. The maximum Gasteiger partial charge on any atom is 0.310 e. The van der Waals surface area contributed by atoms with E-state index in [2.05, 4.69) is 0 Å². The molecular weight excluding hydrogens is 180 g/mol. The lowest BCUT2D eigenvalue weighted by Crippen LogP contribution is -2.50. The van der Waals surface area contributed by atoms with E-state index in [0.29, 0.717) is 0 Å². The van der Waals surface area contributed by atoms with Gasteiger partial charge < -0.3 is 5.11 Å². The van der Waals surface area contributed by atoms with Crippen LogP contribution < -0.4 is 0 Å². The first-order valence-corrected chi connectivity index (χ1v) is 5.40. The lowest BCUT2D eigenvalue weighted by molar-refractivity contribution is -0.167. The Hall–Kier alpha value is -0.860. The van der Waals surface area contributed by atoms with Crippen LogP contribution in [0.15, 0.2) is 0 Å². The van der Waals surface area contributed by atoms with Gasteiger partial charge in [-0.25, -0.2) is 0 Å². The van der Waals surface area contributed by atoms with Gasteiger partial charge in [0.1, 0.15) is 5.78 Å². The van der Waals surface area contributed by atoms with Crippen molar-refractivity contribution in [3.8, 4) is 0 Å². The molecule has 0 amide bonds. The summed E-state index contributed by atoms with van der Waals surface area (Å²) >= 11 is 0. The summed E-state index contributed by atoms with van der Waals surface area (Å²) in [5.41, 5.74) is -0.669. The van der Waals surface area contributed by atoms with Gasteiger partial charge in [-0.05, 0) is 18.8 Å². The smallest absolute Gasteiger partial charge is 0.310 e. The lowest BCUT2D eigenvalue weighted by atomic mass is 9.57. The summed E-state index contributed by atoms with van der Waals surface area (Å²) in [6.45, 7) is 0. The molecule has 0 aromatic rings. The maximum atomic E-state index is 11.2. The minimum absolute atomic E-state index is 0.123. The van der Waals surface area contributed by atoms with Crippen molar-refractivity contribution in [3.05, 3.63) is 0 Å². The summed E-state index contributed by atoms with van der Waals surface area (Å²) in [5.74, 6) is -0.367. The number of aliphatic carboxylic acids is 1. The van der Waals surface area contributed by atoms with Gasteiger partial charge in [0.15, 0.2) is 0 Å². The Kier molecular flexibility index (Phi) is 2.33. The van der Waals surface area contributed by atoms with Crippen LogP contribution in [0, 0.1) is 11.3 Å². The zero-order valence-electron chi connectivity index (χ0n) is 8.29. The van der Waals surface area contributed by atoms with Gasteiger partial charge in [0.2, 0.25) is 0 Å². The summed E-state index contributed by atoms with van der Waals surface area (Å²) in [5, 5.41) is 9.20. The summed E-state index contributed by atoms with van der Waals surface area (Å²) in [6.07, 6.45) is 6.06. The van der Waals surface area contributed by atoms with Gasteiger partial charge in [0, 0.05) is 12.8 Å². The highest BCUT2D eigenvalue weighted by molar-refractivity contribution is 5.97. The van der Waals surface area contributed by atoms with E-state index in [1.807, 2.05) is 0 Å². The van der Waals surface area contributed by atoms with Crippen LogP contribution in [0.5, 0.6) is 0 Å². The summed E-state index contributed by atoms with van der Waals surface area (Å²) in [4.78, 5) is 22.2. The van der Waals surface area contributed by atoms with Gasteiger partial charge in [-0.15, -0.1) is 0 Å². The summed E-state index contributed by atoms with van der Waals surface area (Å²) in [6, 6.07) is 0. The Morgan fingerprint density at radius 3 is 2.21 bits per heavy atom. The second-order valence-corrected chi connectivity index (χ2v) is 4.69. The molecule has 2 saturated carbocycles. The number of carboxylic acids is 1. The second kappa shape index (κ2) is 3.37. The van der Waals surface area contributed by atoms with E-state index in [1.165, 1.54) is 6.42 Å². The minimum Gasteiger partial charge on any atom is -0.481 e. The van der Waals surface area contributed by atoms with Gasteiger partial charge in [-0.1, -0.05) is 19.3 Å². The highest BCUT2D eigenvalue weighted by atomic mass is 16.4. The minimum atomic E-state index is -0.746. The molecule has 14 heavy (non-hydrogen) atoms. The number of ketones is 1. The third-order valence-electron chi connectivity index (χ3n) is 3.84. The monoisotopic (exact) mass is 196 g/mol. The Labute approximate surface area is 83.5 Å².